The second kappa shape index (κ2) is 8.21. The molecule has 0 bridgehead atoms. The third-order valence-corrected chi connectivity index (χ3v) is 4.44. The van der Waals surface area contributed by atoms with Crippen LogP contribution in [0.4, 0.5) is 0 Å². The molecule has 1 aliphatic rings. The van der Waals surface area contributed by atoms with Crippen molar-refractivity contribution in [3.05, 3.63) is 75.5 Å². The van der Waals surface area contributed by atoms with Gasteiger partial charge in [-0.1, -0.05) is 17.7 Å². The van der Waals surface area contributed by atoms with Gasteiger partial charge in [-0.2, -0.15) is 0 Å². The zero-order chi connectivity index (χ0) is 18.5. The normalized spacial score (nSPS) is 15.8. The van der Waals surface area contributed by atoms with Crippen molar-refractivity contribution in [2.75, 3.05) is 33.2 Å². The van der Waals surface area contributed by atoms with E-state index in [2.05, 4.69) is 4.90 Å². The van der Waals surface area contributed by atoms with Crippen LogP contribution in [-0.2, 0) is 4.74 Å². The summed E-state index contributed by atoms with van der Waals surface area (Å²) in [5.74, 6) is -0.137. The van der Waals surface area contributed by atoms with Gasteiger partial charge in [0, 0.05) is 43.5 Å². The van der Waals surface area contributed by atoms with Crippen LogP contribution in [0.2, 0.25) is 5.02 Å². The van der Waals surface area contributed by atoms with Gasteiger partial charge in [-0.15, -0.1) is 0 Å². The van der Waals surface area contributed by atoms with Gasteiger partial charge in [-0.25, -0.2) is 4.79 Å². The number of rotatable bonds is 4. The Morgan fingerprint density at radius 1 is 1.08 bits per heavy atom. The number of ether oxygens (including phenoxy) is 1. The number of likely N-dealkylation sites (N-methyl/N-ethyl adjacent to an activating group) is 1. The molecule has 2 aromatic rings. The molecule has 26 heavy (non-hydrogen) atoms. The number of esters is 1. The lowest BCUT2D eigenvalue weighted by molar-refractivity contribution is 0.0445. The predicted molar refractivity (Wildman–Crippen MR) is 101 cm³/mol. The van der Waals surface area contributed by atoms with Crippen molar-refractivity contribution in [3.63, 3.8) is 0 Å². The first-order valence-electron chi connectivity index (χ1n) is 8.33. The highest BCUT2D eigenvalue weighted by molar-refractivity contribution is 6.30. The number of nitrogens with zero attached hydrogens (tertiary/aromatic N) is 3. The van der Waals surface area contributed by atoms with Crippen LogP contribution in [-0.4, -0.2) is 53.6 Å². The first-order chi connectivity index (χ1) is 12.5. The summed E-state index contributed by atoms with van der Waals surface area (Å²) in [6.07, 6.45) is 3.19. The van der Waals surface area contributed by atoms with Crippen molar-refractivity contribution in [2.24, 2.45) is 0 Å². The molecule has 0 saturated carbocycles. The van der Waals surface area contributed by atoms with E-state index in [1.54, 1.807) is 48.8 Å². The standard InChI is InChI=1S/C19H20ClN3O3/c1-21-10-12-22(13-11-21)18(14-23-9-3-2-4-17(23)24)26-19(25)15-5-7-16(20)8-6-15/h2-9,14H,10-13H2,1H3/b18-14-. The zero-order valence-electron chi connectivity index (χ0n) is 14.5. The minimum atomic E-state index is -0.490. The molecule has 136 valence electrons. The van der Waals surface area contributed by atoms with E-state index in [-0.39, 0.29) is 5.56 Å². The third-order valence-electron chi connectivity index (χ3n) is 4.19. The Morgan fingerprint density at radius 3 is 2.42 bits per heavy atom. The molecule has 0 N–H and O–H groups in total. The molecule has 1 aromatic heterocycles. The van der Waals surface area contributed by atoms with E-state index < -0.39 is 5.97 Å². The van der Waals surface area contributed by atoms with Gasteiger partial charge >= 0.3 is 5.97 Å². The summed E-state index contributed by atoms with van der Waals surface area (Å²) >= 11 is 5.87. The van der Waals surface area contributed by atoms with E-state index in [1.807, 2.05) is 11.9 Å². The first-order valence-corrected chi connectivity index (χ1v) is 8.71. The van der Waals surface area contributed by atoms with Crippen molar-refractivity contribution < 1.29 is 9.53 Å². The minimum Gasteiger partial charge on any atom is -0.404 e. The van der Waals surface area contributed by atoms with Gasteiger partial charge in [0.2, 0.25) is 5.88 Å². The van der Waals surface area contributed by atoms with Gasteiger partial charge in [0.1, 0.15) is 0 Å². The van der Waals surface area contributed by atoms with Crippen LogP contribution in [0.1, 0.15) is 10.4 Å². The lowest BCUT2D eigenvalue weighted by Crippen LogP contribution is -2.44. The molecule has 0 aliphatic carbocycles. The number of aromatic nitrogens is 1. The molecular weight excluding hydrogens is 354 g/mol. The molecule has 0 amide bonds. The highest BCUT2D eigenvalue weighted by atomic mass is 35.5. The molecule has 2 heterocycles. The highest BCUT2D eigenvalue weighted by Gasteiger charge is 2.21. The summed E-state index contributed by atoms with van der Waals surface area (Å²) in [6.45, 7) is 3.11. The summed E-state index contributed by atoms with van der Waals surface area (Å²) in [5, 5.41) is 0.548. The Kier molecular flexibility index (Phi) is 5.75. The molecular formula is C19H20ClN3O3. The van der Waals surface area contributed by atoms with Crippen molar-refractivity contribution in [3.8, 4) is 0 Å². The van der Waals surface area contributed by atoms with Crippen LogP contribution in [0, 0.1) is 0 Å². The van der Waals surface area contributed by atoms with Crippen LogP contribution in [0.3, 0.4) is 0 Å². The van der Waals surface area contributed by atoms with Gasteiger partial charge in [0.05, 0.1) is 11.8 Å². The number of piperazine rings is 1. The number of carbonyl (C=O) groups excluding carboxylic acids is 1. The molecule has 7 heteroatoms. The molecule has 1 fully saturated rings. The summed E-state index contributed by atoms with van der Waals surface area (Å²) in [5.41, 5.74) is 0.205. The van der Waals surface area contributed by atoms with E-state index in [1.165, 1.54) is 10.6 Å². The maximum absolute atomic E-state index is 12.5. The Bertz CT molecular complexity index is 853. The molecule has 6 nitrogen and oxygen atoms in total. The van der Waals surface area contributed by atoms with E-state index in [0.29, 0.717) is 29.6 Å². The first kappa shape index (κ1) is 18.2. The number of hydrogen-bond donors (Lipinski definition) is 0. The number of benzene rings is 1. The predicted octanol–water partition coefficient (Wildman–Crippen LogP) is 2.36. The summed E-state index contributed by atoms with van der Waals surface area (Å²) in [6, 6.07) is 11.4. The Labute approximate surface area is 156 Å². The van der Waals surface area contributed by atoms with E-state index >= 15 is 0 Å². The van der Waals surface area contributed by atoms with E-state index in [0.717, 1.165) is 13.1 Å². The molecule has 0 radical (unpaired) electrons. The lowest BCUT2D eigenvalue weighted by atomic mass is 10.2. The Balaban J connectivity index is 1.87. The second-order valence-electron chi connectivity index (χ2n) is 6.10. The average molecular weight is 374 g/mol. The molecule has 0 atom stereocenters. The molecule has 3 rings (SSSR count). The third kappa shape index (κ3) is 4.53. The molecule has 1 aromatic carbocycles. The Hall–Kier alpha value is -2.57. The SMILES string of the molecule is CN1CCN(/C(=C/n2ccccc2=O)OC(=O)c2ccc(Cl)cc2)CC1. The van der Waals surface area contributed by atoms with Gasteiger partial charge in [-0.3, -0.25) is 9.36 Å². The fourth-order valence-electron chi connectivity index (χ4n) is 2.60. The number of halogens is 1. The van der Waals surface area contributed by atoms with Crippen LogP contribution in [0.15, 0.2) is 59.3 Å². The maximum Gasteiger partial charge on any atom is 0.344 e. The van der Waals surface area contributed by atoms with E-state index in [4.69, 9.17) is 16.3 Å². The highest BCUT2D eigenvalue weighted by Crippen LogP contribution is 2.16. The Morgan fingerprint density at radius 2 is 1.77 bits per heavy atom. The smallest absolute Gasteiger partial charge is 0.344 e. The summed E-state index contributed by atoms with van der Waals surface area (Å²) in [7, 11) is 2.04. The lowest BCUT2D eigenvalue weighted by Gasteiger charge is -2.34. The fraction of sp³-hybridized carbons (Fsp3) is 0.263. The second-order valence-corrected chi connectivity index (χ2v) is 6.54. The monoisotopic (exact) mass is 373 g/mol. The molecule has 0 spiro atoms. The minimum absolute atomic E-state index is 0.193. The quantitative estimate of drug-likeness (QED) is 0.608. The van der Waals surface area contributed by atoms with Crippen LogP contribution >= 0.6 is 11.6 Å². The maximum atomic E-state index is 12.5. The largest absolute Gasteiger partial charge is 0.404 e. The van der Waals surface area contributed by atoms with Crippen molar-refractivity contribution in [1.82, 2.24) is 14.4 Å². The average Bonchev–Trinajstić information content (AvgIpc) is 2.64. The van der Waals surface area contributed by atoms with Crippen molar-refractivity contribution in [1.29, 1.82) is 0 Å². The number of carbonyl (C=O) groups is 1. The zero-order valence-corrected chi connectivity index (χ0v) is 15.2. The number of hydrogen-bond acceptors (Lipinski definition) is 5. The molecule has 1 saturated heterocycles. The van der Waals surface area contributed by atoms with Gasteiger partial charge in [0.15, 0.2) is 0 Å². The summed E-state index contributed by atoms with van der Waals surface area (Å²) in [4.78, 5) is 28.7. The van der Waals surface area contributed by atoms with E-state index in [9.17, 15) is 9.59 Å². The van der Waals surface area contributed by atoms with Crippen LogP contribution < -0.4 is 5.56 Å². The summed E-state index contributed by atoms with van der Waals surface area (Å²) < 4.78 is 7.04. The van der Waals surface area contributed by atoms with Gasteiger partial charge in [0.25, 0.3) is 5.56 Å². The van der Waals surface area contributed by atoms with Crippen molar-refractivity contribution >= 4 is 23.8 Å². The molecule has 0 unspecified atom stereocenters. The fourth-order valence-corrected chi connectivity index (χ4v) is 2.73. The number of pyridine rings is 1. The van der Waals surface area contributed by atoms with Crippen LogP contribution in [0.25, 0.3) is 6.20 Å². The van der Waals surface area contributed by atoms with Gasteiger partial charge in [-0.05, 0) is 37.4 Å². The van der Waals surface area contributed by atoms with Crippen molar-refractivity contribution in [2.45, 2.75) is 0 Å². The van der Waals surface area contributed by atoms with Gasteiger partial charge < -0.3 is 14.5 Å². The molecule has 1 aliphatic heterocycles. The van der Waals surface area contributed by atoms with Crippen LogP contribution in [0.5, 0.6) is 0 Å². The topological polar surface area (TPSA) is 54.8 Å².